The van der Waals surface area contributed by atoms with Crippen LogP contribution in [-0.2, 0) is 17.7 Å². The molecule has 3 aromatic rings. The fourth-order valence-electron chi connectivity index (χ4n) is 2.90. The van der Waals surface area contributed by atoms with Crippen molar-refractivity contribution in [3.63, 3.8) is 0 Å². The van der Waals surface area contributed by atoms with Crippen LogP contribution in [0.3, 0.4) is 0 Å². The summed E-state index contributed by atoms with van der Waals surface area (Å²) in [5.74, 6) is 0.133. The van der Waals surface area contributed by atoms with E-state index in [1.54, 1.807) is 12.5 Å². The Morgan fingerprint density at radius 1 is 1.46 bits per heavy atom. The van der Waals surface area contributed by atoms with E-state index in [2.05, 4.69) is 9.97 Å². The van der Waals surface area contributed by atoms with E-state index in [1.807, 2.05) is 18.4 Å². The van der Waals surface area contributed by atoms with Crippen molar-refractivity contribution in [2.75, 3.05) is 12.0 Å². The molecule has 5 nitrogen and oxygen atoms in total. The van der Waals surface area contributed by atoms with Gasteiger partial charge in [0.15, 0.2) is 5.75 Å². The number of pyridine rings is 1. The lowest BCUT2D eigenvalue weighted by Gasteiger charge is -2.15. The Hall–Kier alpha value is -1.64. The lowest BCUT2D eigenvalue weighted by molar-refractivity contribution is 0.462. The van der Waals surface area contributed by atoms with Crippen LogP contribution < -0.4 is 0 Å². The van der Waals surface area contributed by atoms with Crippen LogP contribution in [0, 0.1) is 5.82 Å². The predicted octanol–water partition coefficient (Wildman–Crippen LogP) is 3.51. The van der Waals surface area contributed by atoms with Gasteiger partial charge in [-0.2, -0.15) is 0 Å². The number of halogens is 1. The summed E-state index contributed by atoms with van der Waals surface area (Å²) in [5.41, 5.74) is 1.85. The second-order valence-corrected chi connectivity index (χ2v) is 8.14. The molecule has 0 aliphatic carbocycles. The summed E-state index contributed by atoms with van der Waals surface area (Å²) >= 11 is 0.439. The van der Waals surface area contributed by atoms with E-state index in [1.165, 1.54) is 17.4 Å². The molecule has 0 aliphatic heterocycles. The van der Waals surface area contributed by atoms with E-state index in [-0.39, 0.29) is 11.7 Å². The zero-order chi connectivity index (χ0) is 17.4. The molecule has 3 rings (SSSR count). The fraction of sp³-hybridized carbons (Fsp3) is 0.375. The van der Waals surface area contributed by atoms with Crippen molar-refractivity contribution in [2.24, 2.45) is 0 Å². The maximum absolute atomic E-state index is 13.4. The van der Waals surface area contributed by atoms with Crippen LogP contribution in [0.25, 0.3) is 20.9 Å². The third-order valence-electron chi connectivity index (χ3n) is 3.83. The first-order chi connectivity index (χ1) is 11.4. The number of hydrogen-bond acceptors (Lipinski definition) is 5. The van der Waals surface area contributed by atoms with Crippen molar-refractivity contribution < 1.29 is 14.0 Å². The average Bonchev–Trinajstić information content (AvgIpc) is 3.05. The van der Waals surface area contributed by atoms with Gasteiger partial charge in [-0.3, -0.25) is 4.98 Å². The van der Waals surface area contributed by atoms with Gasteiger partial charge in [-0.15, -0.1) is 0 Å². The van der Waals surface area contributed by atoms with Gasteiger partial charge in [-0.25, -0.2) is 9.37 Å². The number of nitrogens with zero attached hydrogens (tertiary/aromatic N) is 3. The zero-order valence-corrected chi connectivity index (χ0v) is 15.2. The molecule has 128 valence electrons. The Kier molecular flexibility index (Phi) is 4.80. The molecule has 0 amide bonds. The molecule has 0 saturated heterocycles. The van der Waals surface area contributed by atoms with Crippen molar-refractivity contribution in [3.8, 4) is 16.3 Å². The second kappa shape index (κ2) is 6.70. The van der Waals surface area contributed by atoms with Crippen molar-refractivity contribution >= 4 is 32.9 Å². The van der Waals surface area contributed by atoms with Gasteiger partial charge in [0.1, 0.15) is 26.9 Å². The van der Waals surface area contributed by atoms with E-state index < -0.39 is 17.0 Å². The highest BCUT2D eigenvalue weighted by atomic mass is 32.2. The van der Waals surface area contributed by atoms with Gasteiger partial charge in [-0.1, -0.05) is 29.4 Å². The summed E-state index contributed by atoms with van der Waals surface area (Å²) in [4.78, 5) is 9.16. The molecule has 0 aromatic carbocycles. The zero-order valence-electron chi connectivity index (χ0n) is 13.6. The molecule has 1 N–H and O–H groups in total. The largest absolute Gasteiger partial charge is 0.617 e. The Morgan fingerprint density at radius 2 is 2.21 bits per heavy atom. The van der Waals surface area contributed by atoms with Crippen LogP contribution in [0.1, 0.15) is 25.5 Å². The van der Waals surface area contributed by atoms with E-state index >= 15 is 0 Å². The van der Waals surface area contributed by atoms with Gasteiger partial charge >= 0.3 is 0 Å². The summed E-state index contributed by atoms with van der Waals surface area (Å²) in [5, 5.41) is 11.2. The van der Waals surface area contributed by atoms with Crippen molar-refractivity contribution in [1.29, 1.82) is 0 Å². The topological polar surface area (TPSA) is 74.0 Å². The van der Waals surface area contributed by atoms with Gasteiger partial charge in [0, 0.05) is 24.2 Å². The number of aryl methyl sites for hydroxylation is 1. The highest BCUT2D eigenvalue weighted by Gasteiger charge is 2.26. The van der Waals surface area contributed by atoms with Crippen LogP contribution in [0.4, 0.5) is 4.39 Å². The first kappa shape index (κ1) is 17.2. The van der Waals surface area contributed by atoms with Crippen molar-refractivity contribution in [1.82, 2.24) is 14.5 Å². The highest BCUT2D eigenvalue weighted by molar-refractivity contribution is 7.90. The van der Waals surface area contributed by atoms with Crippen LogP contribution in [-0.4, -0.2) is 36.2 Å². The SMILES string of the molecule is CCn1c(C(C)C[S+](C)[O-])c(O)c2nc(-c3cncc(F)c3)sc21. The lowest BCUT2D eigenvalue weighted by Crippen LogP contribution is -2.14. The van der Waals surface area contributed by atoms with Crippen LogP contribution >= 0.6 is 11.3 Å². The third-order valence-corrected chi connectivity index (χ3v) is 5.93. The summed E-state index contributed by atoms with van der Waals surface area (Å²) < 4.78 is 26.9. The monoisotopic (exact) mass is 367 g/mol. The molecule has 0 fully saturated rings. The van der Waals surface area contributed by atoms with Crippen molar-refractivity contribution in [2.45, 2.75) is 26.3 Å². The number of aromatic nitrogens is 3. The van der Waals surface area contributed by atoms with Crippen LogP contribution in [0.2, 0.25) is 0 Å². The smallest absolute Gasteiger partial charge is 0.164 e. The first-order valence-electron chi connectivity index (χ1n) is 7.55. The maximum atomic E-state index is 13.4. The number of hydrogen-bond donors (Lipinski definition) is 1. The van der Waals surface area contributed by atoms with Gasteiger partial charge in [0.05, 0.1) is 18.1 Å². The maximum Gasteiger partial charge on any atom is 0.164 e. The van der Waals surface area contributed by atoms with Crippen LogP contribution in [0.5, 0.6) is 5.75 Å². The molecule has 2 atom stereocenters. The Labute approximate surface area is 146 Å². The third kappa shape index (κ3) is 3.01. The number of thiazole rings is 1. The van der Waals surface area contributed by atoms with Gasteiger partial charge < -0.3 is 14.2 Å². The molecule has 3 heterocycles. The Bertz CT molecular complexity index is 876. The average molecular weight is 367 g/mol. The normalized spacial score (nSPS) is 14.2. The molecule has 0 aliphatic rings. The van der Waals surface area contributed by atoms with E-state index in [4.69, 9.17) is 0 Å². The molecule has 0 spiro atoms. The van der Waals surface area contributed by atoms with Gasteiger partial charge in [0.2, 0.25) is 0 Å². The minimum absolute atomic E-state index is 0.0449. The molecular weight excluding hydrogens is 349 g/mol. The molecule has 3 aromatic heterocycles. The van der Waals surface area contributed by atoms with E-state index in [9.17, 15) is 14.0 Å². The van der Waals surface area contributed by atoms with Crippen molar-refractivity contribution in [3.05, 3.63) is 30.0 Å². The standard InChI is InChI=1S/C16H18FN3O2S2/c1-4-20-13(9(2)8-24(3)22)14(21)12-16(20)23-15(19-12)10-5-11(17)7-18-6-10/h5-7,9,21H,4,8H2,1-3H3. The molecule has 24 heavy (non-hydrogen) atoms. The summed E-state index contributed by atoms with van der Waals surface area (Å²) in [6, 6.07) is 1.38. The number of aromatic hydroxyl groups is 1. The molecule has 8 heteroatoms. The van der Waals surface area contributed by atoms with Gasteiger partial charge in [-0.05, 0) is 13.0 Å². The summed E-state index contributed by atoms with van der Waals surface area (Å²) in [7, 11) is 0. The highest BCUT2D eigenvalue weighted by Crippen LogP contribution is 2.41. The predicted molar refractivity (Wildman–Crippen MR) is 95.5 cm³/mol. The molecular formula is C16H18FN3O2S2. The minimum atomic E-state index is -0.952. The Morgan fingerprint density at radius 3 is 2.83 bits per heavy atom. The Balaban J connectivity index is 2.11. The fourth-order valence-corrected chi connectivity index (χ4v) is 4.89. The molecule has 0 bridgehead atoms. The van der Waals surface area contributed by atoms with E-state index in [0.29, 0.717) is 28.4 Å². The lowest BCUT2D eigenvalue weighted by atomic mass is 10.1. The molecule has 0 saturated carbocycles. The first-order valence-corrected chi connectivity index (χ1v) is 10.1. The van der Waals surface area contributed by atoms with Crippen LogP contribution in [0.15, 0.2) is 18.5 Å². The summed E-state index contributed by atoms with van der Waals surface area (Å²) in [6.45, 7) is 4.60. The van der Waals surface area contributed by atoms with E-state index in [0.717, 1.165) is 16.7 Å². The number of rotatable bonds is 5. The molecule has 2 unspecified atom stereocenters. The minimum Gasteiger partial charge on any atom is -0.617 e. The quantitative estimate of drug-likeness (QED) is 0.701. The molecule has 0 radical (unpaired) electrons. The summed E-state index contributed by atoms with van der Waals surface area (Å²) in [6.07, 6.45) is 4.35. The second-order valence-electron chi connectivity index (χ2n) is 5.68. The van der Waals surface area contributed by atoms with Gasteiger partial charge in [0.25, 0.3) is 0 Å². The number of fused-ring (bicyclic) bond motifs is 1.